The molecule has 2 rings (SSSR count). The smallest absolute Gasteiger partial charge is 0.147 e. The van der Waals surface area contributed by atoms with Crippen LogP contribution in [0.1, 0.15) is 25.1 Å². The molecule has 0 aromatic carbocycles. The van der Waals surface area contributed by atoms with Gasteiger partial charge in [0.25, 0.3) is 0 Å². The fourth-order valence-electron chi connectivity index (χ4n) is 1.93. The first-order valence-electron chi connectivity index (χ1n) is 7.29. The summed E-state index contributed by atoms with van der Waals surface area (Å²) in [4.78, 5) is 15.1. The van der Waals surface area contributed by atoms with Crippen LogP contribution in [0.2, 0.25) is 0 Å². The second-order valence-electron chi connectivity index (χ2n) is 5.43. The Hall–Kier alpha value is -2.01. The lowest BCUT2D eigenvalue weighted by Crippen LogP contribution is -2.25. The number of nitrogens with one attached hydrogen (secondary N) is 1. The first kappa shape index (κ1) is 15.4. The van der Waals surface area contributed by atoms with E-state index in [4.69, 9.17) is 0 Å². The van der Waals surface area contributed by atoms with E-state index in [1.54, 1.807) is 0 Å². The standard InChI is InChI=1S/C16H23N5/c1-13(2)19-11-15-10-18-12-16(20-15)21(3)9-6-14-4-7-17-8-5-14/h4-5,7-8,10,12-13,19H,6,9,11H2,1-3H3. The van der Waals surface area contributed by atoms with Gasteiger partial charge >= 0.3 is 0 Å². The summed E-state index contributed by atoms with van der Waals surface area (Å²) >= 11 is 0. The highest BCUT2D eigenvalue weighted by atomic mass is 15.2. The van der Waals surface area contributed by atoms with Gasteiger partial charge in [0.05, 0.1) is 11.9 Å². The summed E-state index contributed by atoms with van der Waals surface area (Å²) < 4.78 is 0. The molecule has 5 heteroatoms. The molecule has 5 nitrogen and oxygen atoms in total. The summed E-state index contributed by atoms with van der Waals surface area (Å²) in [5, 5.41) is 3.36. The van der Waals surface area contributed by atoms with Gasteiger partial charge in [0.1, 0.15) is 5.82 Å². The molecule has 0 aliphatic heterocycles. The second-order valence-corrected chi connectivity index (χ2v) is 5.43. The molecule has 0 spiro atoms. The third kappa shape index (κ3) is 5.11. The Morgan fingerprint density at radius 3 is 2.62 bits per heavy atom. The third-order valence-corrected chi connectivity index (χ3v) is 3.24. The summed E-state index contributed by atoms with van der Waals surface area (Å²) in [6.07, 6.45) is 8.25. The summed E-state index contributed by atoms with van der Waals surface area (Å²) in [6.45, 7) is 5.90. The van der Waals surface area contributed by atoms with Gasteiger partial charge in [-0.15, -0.1) is 0 Å². The monoisotopic (exact) mass is 285 g/mol. The van der Waals surface area contributed by atoms with Crippen LogP contribution in [0.5, 0.6) is 0 Å². The van der Waals surface area contributed by atoms with Crippen LogP contribution in [0.15, 0.2) is 36.9 Å². The quantitative estimate of drug-likeness (QED) is 0.844. The van der Waals surface area contributed by atoms with E-state index in [2.05, 4.69) is 39.0 Å². The molecule has 2 aromatic rings. The molecule has 112 valence electrons. The van der Waals surface area contributed by atoms with E-state index >= 15 is 0 Å². The summed E-state index contributed by atoms with van der Waals surface area (Å²) in [5.74, 6) is 0.909. The predicted octanol–water partition coefficient (Wildman–Crippen LogP) is 2.05. The maximum Gasteiger partial charge on any atom is 0.147 e. The van der Waals surface area contributed by atoms with Gasteiger partial charge in [-0.05, 0) is 24.1 Å². The van der Waals surface area contributed by atoms with Crippen molar-refractivity contribution in [1.82, 2.24) is 20.3 Å². The molecule has 0 amide bonds. The van der Waals surface area contributed by atoms with Crippen LogP contribution in [0.4, 0.5) is 5.82 Å². The fourth-order valence-corrected chi connectivity index (χ4v) is 1.93. The number of hydrogen-bond donors (Lipinski definition) is 1. The molecule has 0 aliphatic carbocycles. The van der Waals surface area contributed by atoms with Crippen molar-refractivity contribution in [3.63, 3.8) is 0 Å². The Morgan fingerprint density at radius 1 is 1.14 bits per heavy atom. The van der Waals surface area contributed by atoms with E-state index in [9.17, 15) is 0 Å². The number of hydrogen-bond acceptors (Lipinski definition) is 5. The Labute approximate surface area is 126 Å². The van der Waals surface area contributed by atoms with E-state index < -0.39 is 0 Å². The molecular formula is C16H23N5. The average Bonchev–Trinajstić information content (AvgIpc) is 2.52. The first-order chi connectivity index (χ1) is 10.1. The Bertz CT molecular complexity index is 541. The topological polar surface area (TPSA) is 53.9 Å². The van der Waals surface area contributed by atoms with E-state index in [1.165, 1.54) is 5.56 Å². The van der Waals surface area contributed by atoms with Gasteiger partial charge in [-0.1, -0.05) is 13.8 Å². The van der Waals surface area contributed by atoms with Crippen LogP contribution in [0, 0.1) is 0 Å². The van der Waals surface area contributed by atoms with E-state index in [-0.39, 0.29) is 0 Å². The normalized spacial score (nSPS) is 10.9. The largest absolute Gasteiger partial charge is 0.358 e. The van der Waals surface area contributed by atoms with Crippen LogP contribution in [0.25, 0.3) is 0 Å². The lowest BCUT2D eigenvalue weighted by molar-refractivity contribution is 0.580. The predicted molar refractivity (Wildman–Crippen MR) is 85.2 cm³/mol. The van der Waals surface area contributed by atoms with Crippen molar-refractivity contribution in [2.45, 2.75) is 32.9 Å². The minimum absolute atomic E-state index is 0.444. The highest BCUT2D eigenvalue weighted by Crippen LogP contribution is 2.09. The molecule has 0 unspecified atom stereocenters. The van der Waals surface area contributed by atoms with Gasteiger partial charge in [0.2, 0.25) is 0 Å². The van der Waals surface area contributed by atoms with E-state index in [0.717, 1.165) is 31.0 Å². The fraction of sp³-hybridized carbons (Fsp3) is 0.438. The molecule has 2 heterocycles. The summed E-state index contributed by atoms with van der Waals surface area (Å²) in [7, 11) is 2.05. The lowest BCUT2D eigenvalue weighted by atomic mass is 10.2. The van der Waals surface area contributed by atoms with Crippen molar-refractivity contribution < 1.29 is 0 Å². The van der Waals surface area contributed by atoms with Crippen molar-refractivity contribution in [2.75, 3.05) is 18.5 Å². The SMILES string of the molecule is CC(C)NCc1cncc(N(C)CCc2ccncc2)n1. The molecule has 2 aromatic heterocycles. The van der Waals surface area contributed by atoms with Crippen molar-refractivity contribution in [2.24, 2.45) is 0 Å². The van der Waals surface area contributed by atoms with Crippen molar-refractivity contribution in [1.29, 1.82) is 0 Å². The molecule has 0 atom stereocenters. The third-order valence-electron chi connectivity index (χ3n) is 3.24. The number of rotatable bonds is 7. The zero-order chi connectivity index (χ0) is 15.1. The molecule has 0 saturated carbocycles. The van der Waals surface area contributed by atoms with Crippen LogP contribution < -0.4 is 10.2 Å². The first-order valence-corrected chi connectivity index (χ1v) is 7.29. The highest BCUT2D eigenvalue weighted by Gasteiger charge is 2.05. The van der Waals surface area contributed by atoms with Crippen LogP contribution in [-0.2, 0) is 13.0 Å². The minimum atomic E-state index is 0.444. The Balaban J connectivity index is 1.92. The molecule has 1 N–H and O–H groups in total. The summed E-state index contributed by atoms with van der Waals surface area (Å²) in [5.41, 5.74) is 2.25. The van der Waals surface area contributed by atoms with Gasteiger partial charge in [-0.2, -0.15) is 0 Å². The van der Waals surface area contributed by atoms with E-state index in [0.29, 0.717) is 6.04 Å². The number of likely N-dealkylation sites (N-methyl/N-ethyl adjacent to an activating group) is 1. The van der Waals surface area contributed by atoms with E-state index in [1.807, 2.05) is 44.0 Å². The average molecular weight is 285 g/mol. The van der Waals surface area contributed by atoms with Crippen LogP contribution in [0.3, 0.4) is 0 Å². The van der Waals surface area contributed by atoms with Gasteiger partial charge < -0.3 is 10.2 Å². The number of nitrogens with zero attached hydrogens (tertiary/aromatic N) is 4. The number of aromatic nitrogens is 3. The van der Waals surface area contributed by atoms with Crippen LogP contribution in [-0.4, -0.2) is 34.6 Å². The molecule has 0 bridgehead atoms. The van der Waals surface area contributed by atoms with Crippen molar-refractivity contribution >= 4 is 5.82 Å². The maximum absolute atomic E-state index is 4.65. The highest BCUT2D eigenvalue weighted by molar-refractivity contribution is 5.35. The van der Waals surface area contributed by atoms with Gasteiger partial charge in [-0.3, -0.25) is 9.97 Å². The lowest BCUT2D eigenvalue weighted by Gasteiger charge is -2.18. The molecule has 0 aliphatic rings. The number of anilines is 1. The molecule has 0 saturated heterocycles. The molecule has 21 heavy (non-hydrogen) atoms. The zero-order valence-electron chi connectivity index (χ0n) is 13.0. The molecule has 0 radical (unpaired) electrons. The van der Waals surface area contributed by atoms with Gasteiger partial charge in [0, 0.05) is 44.8 Å². The van der Waals surface area contributed by atoms with Gasteiger partial charge in [-0.25, -0.2) is 4.98 Å². The van der Waals surface area contributed by atoms with Crippen molar-refractivity contribution in [3.8, 4) is 0 Å². The summed E-state index contributed by atoms with van der Waals surface area (Å²) in [6, 6.07) is 4.53. The maximum atomic E-state index is 4.65. The Kier molecular flexibility index (Phi) is 5.63. The molecule has 0 fully saturated rings. The number of pyridine rings is 1. The second kappa shape index (κ2) is 7.69. The van der Waals surface area contributed by atoms with Gasteiger partial charge in [0.15, 0.2) is 0 Å². The van der Waals surface area contributed by atoms with Crippen LogP contribution >= 0.6 is 0 Å². The Morgan fingerprint density at radius 2 is 1.90 bits per heavy atom. The molecular weight excluding hydrogens is 262 g/mol. The van der Waals surface area contributed by atoms with Crippen molar-refractivity contribution in [3.05, 3.63) is 48.2 Å². The zero-order valence-corrected chi connectivity index (χ0v) is 13.0. The minimum Gasteiger partial charge on any atom is -0.358 e.